The molecule has 1 saturated heterocycles. The first-order valence-electron chi connectivity index (χ1n) is 6.37. The SMILES string of the molecule is CC1(C)OC(=O)C(=CNc2c(Br)cc(Br)c(Cl)c2C(=O)O)C(=O)O1. The zero-order chi connectivity index (χ0) is 18.2. The van der Waals surface area contributed by atoms with Crippen molar-refractivity contribution in [2.75, 3.05) is 5.32 Å². The van der Waals surface area contributed by atoms with Crippen LogP contribution in [0.25, 0.3) is 0 Å². The Bertz CT molecular complexity index is 768. The van der Waals surface area contributed by atoms with Gasteiger partial charge in [-0.15, -0.1) is 0 Å². The van der Waals surface area contributed by atoms with Crippen LogP contribution in [-0.4, -0.2) is 28.8 Å². The molecule has 128 valence electrons. The second-order valence-electron chi connectivity index (χ2n) is 5.09. The predicted octanol–water partition coefficient (Wildman–Crippen LogP) is 3.70. The van der Waals surface area contributed by atoms with E-state index in [0.717, 1.165) is 6.20 Å². The average molecular weight is 483 g/mol. The summed E-state index contributed by atoms with van der Waals surface area (Å²) in [4.78, 5) is 35.2. The Morgan fingerprint density at radius 1 is 1.25 bits per heavy atom. The molecule has 24 heavy (non-hydrogen) atoms. The van der Waals surface area contributed by atoms with Crippen LogP contribution in [0.3, 0.4) is 0 Å². The van der Waals surface area contributed by atoms with Gasteiger partial charge in [-0.1, -0.05) is 11.6 Å². The lowest BCUT2D eigenvalue weighted by atomic mass is 10.1. The van der Waals surface area contributed by atoms with Crippen LogP contribution in [0.4, 0.5) is 5.69 Å². The van der Waals surface area contributed by atoms with Crippen molar-refractivity contribution in [3.8, 4) is 0 Å². The number of carbonyl (C=O) groups is 3. The molecule has 0 amide bonds. The van der Waals surface area contributed by atoms with Crippen LogP contribution in [0.2, 0.25) is 5.02 Å². The van der Waals surface area contributed by atoms with Gasteiger partial charge < -0.3 is 19.9 Å². The molecule has 0 saturated carbocycles. The average Bonchev–Trinajstić information content (AvgIpc) is 2.41. The Morgan fingerprint density at radius 2 is 1.79 bits per heavy atom. The number of rotatable bonds is 3. The number of esters is 2. The van der Waals surface area contributed by atoms with Gasteiger partial charge in [-0.25, -0.2) is 14.4 Å². The summed E-state index contributed by atoms with van der Waals surface area (Å²) in [5.41, 5.74) is -0.585. The highest BCUT2D eigenvalue weighted by molar-refractivity contribution is 9.11. The van der Waals surface area contributed by atoms with Gasteiger partial charge in [0.05, 0.1) is 10.7 Å². The fourth-order valence-corrected chi connectivity index (χ4v) is 3.37. The smallest absolute Gasteiger partial charge is 0.350 e. The number of carboxylic acids is 1. The number of benzene rings is 1. The number of cyclic esters (lactones) is 2. The fraction of sp³-hybridized carbons (Fsp3) is 0.214. The van der Waals surface area contributed by atoms with Gasteiger partial charge in [0.2, 0.25) is 0 Å². The number of carbonyl (C=O) groups excluding carboxylic acids is 2. The van der Waals surface area contributed by atoms with Crippen LogP contribution in [0.5, 0.6) is 0 Å². The minimum absolute atomic E-state index is 0.0402. The number of hydrogen-bond donors (Lipinski definition) is 2. The maximum Gasteiger partial charge on any atom is 0.350 e. The number of hydrogen-bond acceptors (Lipinski definition) is 6. The molecule has 1 aromatic rings. The minimum atomic E-state index is -1.36. The summed E-state index contributed by atoms with van der Waals surface area (Å²) in [6, 6.07) is 1.52. The van der Waals surface area contributed by atoms with E-state index < -0.39 is 29.3 Å². The number of aromatic carboxylic acids is 1. The van der Waals surface area contributed by atoms with Gasteiger partial charge in [-0.2, -0.15) is 0 Å². The molecule has 0 aliphatic carbocycles. The first-order chi connectivity index (χ1) is 11.0. The summed E-state index contributed by atoms with van der Waals surface area (Å²) in [6.07, 6.45) is 1.01. The van der Waals surface area contributed by atoms with Gasteiger partial charge in [0.15, 0.2) is 5.57 Å². The maximum atomic E-state index is 11.9. The van der Waals surface area contributed by atoms with E-state index in [0.29, 0.717) is 8.95 Å². The van der Waals surface area contributed by atoms with Gasteiger partial charge in [0.25, 0.3) is 5.79 Å². The van der Waals surface area contributed by atoms with E-state index in [9.17, 15) is 19.5 Å². The van der Waals surface area contributed by atoms with Crippen LogP contribution in [-0.2, 0) is 19.1 Å². The highest BCUT2D eigenvalue weighted by Gasteiger charge is 2.39. The Kier molecular flexibility index (Phi) is 5.26. The minimum Gasteiger partial charge on any atom is -0.478 e. The van der Waals surface area contributed by atoms with Crippen molar-refractivity contribution in [1.29, 1.82) is 0 Å². The molecule has 0 aromatic heterocycles. The summed E-state index contributed by atoms with van der Waals surface area (Å²) in [7, 11) is 0. The summed E-state index contributed by atoms with van der Waals surface area (Å²) >= 11 is 12.3. The largest absolute Gasteiger partial charge is 0.478 e. The van der Waals surface area contributed by atoms with Gasteiger partial charge in [0, 0.05) is 29.0 Å². The fourth-order valence-electron chi connectivity index (χ4n) is 1.86. The van der Waals surface area contributed by atoms with Crippen molar-refractivity contribution in [3.05, 3.63) is 37.4 Å². The number of ether oxygens (including phenoxy) is 2. The Labute approximate surface area is 158 Å². The standard InChI is InChI=1S/C14H10Br2ClNO6/c1-14(2)23-12(21)5(13(22)24-14)4-18-10-7(16)3-6(15)9(17)8(10)11(19)20/h3-4,18H,1-2H3,(H,19,20). The summed E-state index contributed by atoms with van der Waals surface area (Å²) < 4.78 is 10.6. The third kappa shape index (κ3) is 3.73. The zero-order valence-corrected chi connectivity index (χ0v) is 16.2. The first kappa shape index (κ1) is 18.8. The maximum absolute atomic E-state index is 11.9. The molecule has 10 heteroatoms. The topological polar surface area (TPSA) is 102 Å². The van der Waals surface area contributed by atoms with Gasteiger partial charge in [-0.3, -0.25) is 0 Å². The molecule has 2 rings (SSSR count). The van der Waals surface area contributed by atoms with Crippen molar-refractivity contribution < 1.29 is 29.0 Å². The third-order valence-electron chi connectivity index (χ3n) is 2.86. The van der Waals surface area contributed by atoms with Crippen molar-refractivity contribution >= 4 is 67.1 Å². The molecule has 0 radical (unpaired) electrons. The molecule has 1 aliphatic heterocycles. The van der Waals surface area contributed by atoms with E-state index >= 15 is 0 Å². The molecule has 1 aromatic carbocycles. The van der Waals surface area contributed by atoms with E-state index in [2.05, 4.69) is 37.2 Å². The highest BCUT2D eigenvalue weighted by atomic mass is 79.9. The van der Waals surface area contributed by atoms with Gasteiger partial charge >= 0.3 is 17.9 Å². The van der Waals surface area contributed by atoms with Crippen molar-refractivity contribution in [2.45, 2.75) is 19.6 Å². The quantitative estimate of drug-likeness (QED) is 0.293. The van der Waals surface area contributed by atoms with Crippen molar-refractivity contribution in [3.63, 3.8) is 0 Å². The van der Waals surface area contributed by atoms with Gasteiger partial charge in [-0.05, 0) is 37.9 Å². The second kappa shape index (κ2) is 6.73. The molecule has 0 spiro atoms. The number of carboxylic acid groups (broad SMARTS) is 1. The number of anilines is 1. The van der Waals surface area contributed by atoms with Crippen molar-refractivity contribution in [1.82, 2.24) is 0 Å². The van der Waals surface area contributed by atoms with E-state index in [1.807, 2.05) is 0 Å². The molecule has 1 aliphatic rings. The molecule has 0 unspecified atom stereocenters. The van der Waals surface area contributed by atoms with Crippen LogP contribution < -0.4 is 5.32 Å². The molecule has 7 nitrogen and oxygen atoms in total. The molecular weight excluding hydrogens is 473 g/mol. The number of halogens is 3. The van der Waals surface area contributed by atoms with E-state index in [-0.39, 0.29) is 16.3 Å². The monoisotopic (exact) mass is 481 g/mol. The highest BCUT2D eigenvalue weighted by Crippen LogP contribution is 2.38. The number of nitrogens with one attached hydrogen (secondary N) is 1. The lowest BCUT2D eigenvalue weighted by Gasteiger charge is -2.29. The predicted molar refractivity (Wildman–Crippen MR) is 91.8 cm³/mol. The van der Waals surface area contributed by atoms with Gasteiger partial charge in [0.1, 0.15) is 5.56 Å². The molecule has 2 N–H and O–H groups in total. The normalized spacial score (nSPS) is 16.3. The summed E-state index contributed by atoms with van der Waals surface area (Å²) in [6.45, 7) is 2.83. The van der Waals surface area contributed by atoms with Crippen LogP contribution in [0.15, 0.2) is 26.8 Å². The Hall–Kier alpha value is -1.58. The van der Waals surface area contributed by atoms with Crippen LogP contribution in [0.1, 0.15) is 24.2 Å². The van der Waals surface area contributed by atoms with E-state index in [1.165, 1.54) is 19.9 Å². The van der Waals surface area contributed by atoms with Crippen LogP contribution >= 0.6 is 43.5 Å². The molecule has 1 fully saturated rings. The molecule has 0 bridgehead atoms. The first-order valence-corrected chi connectivity index (χ1v) is 8.34. The summed E-state index contributed by atoms with van der Waals surface area (Å²) in [5.74, 6) is -4.43. The zero-order valence-electron chi connectivity index (χ0n) is 12.3. The third-order valence-corrected chi connectivity index (χ3v) is 4.73. The second-order valence-corrected chi connectivity index (χ2v) is 7.18. The molecule has 1 heterocycles. The van der Waals surface area contributed by atoms with Crippen molar-refractivity contribution in [2.24, 2.45) is 0 Å². The van der Waals surface area contributed by atoms with Crippen LogP contribution in [0, 0.1) is 0 Å². The summed E-state index contributed by atoms with van der Waals surface area (Å²) in [5, 5.41) is 11.9. The molecule has 0 atom stereocenters. The van der Waals surface area contributed by atoms with E-state index in [4.69, 9.17) is 21.1 Å². The lowest BCUT2D eigenvalue weighted by Crippen LogP contribution is -2.42. The molecular formula is C14H10Br2ClNO6. The van der Waals surface area contributed by atoms with E-state index in [1.54, 1.807) is 0 Å². The Morgan fingerprint density at radius 3 is 2.29 bits per heavy atom. The Balaban J connectivity index is 2.43. The lowest BCUT2D eigenvalue weighted by molar-refractivity contribution is -0.222.